The molecule has 136 valence electrons. The summed E-state index contributed by atoms with van der Waals surface area (Å²) in [4.78, 5) is 2.24. The number of hydrogen-bond acceptors (Lipinski definition) is 7. The molecule has 2 aromatic heterocycles. The Morgan fingerprint density at radius 1 is 1.15 bits per heavy atom. The van der Waals surface area contributed by atoms with Crippen molar-refractivity contribution in [3.05, 3.63) is 38.8 Å². The molecule has 3 aromatic rings. The smallest absolute Gasteiger partial charge is 0.216 e. The maximum absolute atomic E-state index is 5.40. The predicted octanol–water partition coefficient (Wildman–Crippen LogP) is 3.89. The zero-order valence-electron chi connectivity index (χ0n) is 14.8. The first-order valence-corrected chi connectivity index (χ1v) is 8.88. The van der Waals surface area contributed by atoms with Crippen LogP contribution >= 0.6 is 23.6 Å². The number of H-pyrrole nitrogens is 1. The molecule has 0 saturated heterocycles. The van der Waals surface area contributed by atoms with Crippen molar-refractivity contribution in [3.8, 4) is 28.6 Å². The van der Waals surface area contributed by atoms with Gasteiger partial charge in [-0.05, 0) is 43.4 Å². The average molecular weight is 390 g/mol. The van der Waals surface area contributed by atoms with E-state index in [9.17, 15) is 0 Å². The summed E-state index contributed by atoms with van der Waals surface area (Å²) in [5.74, 6) is 2.11. The average Bonchev–Trinajstić information content (AvgIpc) is 3.23. The van der Waals surface area contributed by atoms with Crippen LogP contribution in [0.3, 0.4) is 0 Å². The second kappa shape index (κ2) is 7.71. The number of nitrogens with zero attached hydrogens (tertiary/aromatic N) is 3. The third-order valence-electron chi connectivity index (χ3n) is 3.63. The van der Waals surface area contributed by atoms with Crippen LogP contribution in [0.15, 0.2) is 29.4 Å². The lowest BCUT2D eigenvalue weighted by atomic mass is 10.1. The van der Waals surface area contributed by atoms with E-state index in [-0.39, 0.29) is 0 Å². The van der Waals surface area contributed by atoms with E-state index < -0.39 is 0 Å². The highest BCUT2D eigenvalue weighted by molar-refractivity contribution is 7.71. The quantitative estimate of drug-likeness (QED) is 0.511. The molecule has 0 bridgehead atoms. The van der Waals surface area contributed by atoms with Crippen molar-refractivity contribution in [2.45, 2.75) is 6.92 Å². The highest BCUT2D eigenvalue weighted by Gasteiger charge is 2.17. The van der Waals surface area contributed by atoms with Gasteiger partial charge in [-0.2, -0.15) is 14.9 Å². The molecule has 1 aromatic carbocycles. The molecule has 2 heterocycles. The van der Waals surface area contributed by atoms with E-state index in [2.05, 4.69) is 15.3 Å². The summed E-state index contributed by atoms with van der Waals surface area (Å²) in [6.45, 7) is 2.05. The van der Waals surface area contributed by atoms with E-state index >= 15 is 0 Å². The molecule has 0 aliphatic carbocycles. The number of rotatable bonds is 6. The van der Waals surface area contributed by atoms with Crippen LogP contribution < -0.4 is 14.2 Å². The molecular formula is C17H18N4O3S2. The molecule has 0 spiro atoms. The molecule has 0 saturated carbocycles. The van der Waals surface area contributed by atoms with E-state index in [0.29, 0.717) is 27.8 Å². The summed E-state index contributed by atoms with van der Waals surface area (Å²) < 4.78 is 18.1. The molecule has 9 heteroatoms. The largest absolute Gasteiger partial charge is 0.493 e. The summed E-state index contributed by atoms with van der Waals surface area (Å²) in [6.07, 6.45) is 1.75. The Morgan fingerprint density at radius 2 is 1.85 bits per heavy atom. The van der Waals surface area contributed by atoms with Gasteiger partial charge in [-0.15, -0.1) is 11.3 Å². The maximum Gasteiger partial charge on any atom is 0.216 e. The number of aryl methyl sites for hydroxylation is 1. The van der Waals surface area contributed by atoms with E-state index in [1.165, 1.54) is 4.88 Å². The Kier molecular flexibility index (Phi) is 5.38. The number of benzene rings is 1. The monoisotopic (exact) mass is 390 g/mol. The van der Waals surface area contributed by atoms with Gasteiger partial charge in [0.05, 0.1) is 27.5 Å². The first-order valence-electron chi connectivity index (χ1n) is 7.66. The fraction of sp³-hybridized carbons (Fsp3) is 0.235. The SMILES string of the molecule is COc1cc(-c2n[nH]c(=S)n2N=Cc2ccc(C)s2)cc(OC)c1OC. The molecule has 26 heavy (non-hydrogen) atoms. The number of aromatic nitrogens is 3. The van der Waals surface area contributed by atoms with Gasteiger partial charge in [0.2, 0.25) is 10.5 Å². The summed E-state index contributed by atoms with van der Waals surface area (Å²) in [5.41, 5.74) is 0.728. The summed E-state index contributed by atoms with van der Waals surface area (Å²) >= 11 is 6.96. The van der Waals surface area contributed by atoms with E-state index in [1.807, 2.05) is 19.1 Å². The van der Waals surface area contributed by atoms with Crippen molar-refractivity contribution >= 4 is 29.8 Å². The summed E-state index contributed by atoms with van der Waals surface area (Å²) in [5, 5.41) is 11.5. The van der Waals surface area contributed by atoms with Crippen LogP contribution in [0.2, 0.25) is 0 Å². The number of thiophene rings is 1. The van der Waals surface area contributed by atoms with Gasteiger partial charge in [0.25, 0.3) is 0 Å². The molecule has 0 aliphatic heterocycles. The third kappa shape index (κ3) is 3.49. The van der Waals surface area contributed by atoms with Gasteiger partial charge in [0.15, 0.2) is 17.3 Å². The van der Waals surface area contributed by atoms with Crippen molar-refractivity contribution in [1.29, 1.82) is 0 Å². The molecular weight excluding hydrogens is 372 g/mol. The van der Waals surface area contributed by atoms with Crippen molar-refractivity contribution < 1.29 is 14.2 Å². The van der Waals surface area contributed by atoms with Crippen molar-refractivity contribution in [3.63, 3.8) is 0 Å². The van der Waals surface area contributed by atoms with Crippen molar-refractivity contribution in [1.82, 2.24) is 14.9 Å². The Hall–Kier alpha value is -2.65. The standard InChI is InChI=1S/C17H18N4O3S2/c1-10-5-6-12(26-10)9-18-21-16(19-20-17(21)25)11-7-13(22-2)15(24-4)14(8-11)23-3/h5-9H,1-4H3,(H,20,25). The lowest BCUT2D eigenvalue weighted by Gasteiger charge is -2.13. The van der Waals surface area contributed by atoms with Crippen LogP contribution in [0.25, 0.3) is 11.4 Å². The Labute approximate surface area is 159 Å². The van der Waals surface area contributed by atoms with Crippen LogP contribution in [0, 0.1) is 11.7 Å². The van der Waals surface area contributed by atoms with Crippen molar-refractivity contribution in [2.24, 2.45) is 5.10 Å². The van der Waals surface area contributed by atoms with Gasteiger partial charge in [0, 0.05) is 15.3 Å². The molecule has 0 radical (unpaired) electrons. The molecule has 0 unspecified atom stereocenters. The normalized spacial score (nSPS) is 11.1. The van der Waals surface area contributed by atoms with Gasteiger partial charge in [-0.3, -0.25) is 0 Å². The van der Waals surface area contributed by atoms with E-state index in [1.54, 1.807) is 55.7 Å². The lowest BCUT2D eigenvalue weighted by molar-refractivity contribution is 0.324. The topological polar surface area (TPSA) is 73.7 Å². The van der Waals surface area contributed by atoms with Crippen LogP contribution in [0.5, 0.6) is 17.2 Å². The number of ether oxygens (including phenoxy) is 3. The minimum Gasteiger partial charge on any atom is -0.493 e. The van der Waals surface area contributed by atoms with Crippen LogP contribution in [-0.2, 0) is 0 Å². The summed E-state index contributed by atoms with van der Waals surface area (Å²) in [6, 6.07) is 7.65. The molecule has 0 atom stereocenters. The first-order chi connectivity index (χ1) is 12.6. The number of hydrogen-bond donors (Lipinski definition) is 1. The molecule has 7 nitrogen and oxygen atoms in total. The molecule has 0 amide bonds. The molecule has 3 rings (SSSR count). The minimum absolute atomic E-state index is 0.387. The fourth-order valence-corrected chi connectivity index (χ4v) is 3.36. The Balaban J connectivity index is 2.08. The second-order valence-electron chi connectivity index (χ2n) is 5.27. The Bertz CT molecular complexity index is 979. The van der Waals surface area contributed by atoms with Gasteiger partial charge >= 0.3 is 0 Å². The first kappa shape index (κ1) is 18.2. The number of methoxy groups -OCH3 is 3. The van der Waals surface area contributed by atoms with E-state index in [4.69, 9.17) is 26.4 Å². The van der Waals surface area contributed by atoms with Crippen LogP contribution in [0.4, 0.5) is 0 Å². The molecule has 1 N–H and O–H groups in total. The van der Waals surface area contributed by atoms with Gasteiger partial charge in [-0.1, -0.05) is 0 Å². The highest BCUT2D eigenvalue weighted by Crippen LogP contribution is 2.40. The number of aromatic amines is 1. The van der Waals surface area contributed by atoms with Crippen molar-refractivity contribution in [2.75, 3.05) is 21.3 Å². The molecule has 0 aliphatic rings. The van der Waals surface area contributed by atoms with Gasteiger partial charge in [-0.25, -0.2) is 5.10 Å². The van der Waals surface area contributed by atoms with Crippen LogP contribution in [0.1, 0.15) is 9.75 Å². The zero-order chi connectivity index (χ0) is 18.7. The maximum atomic E-state index is 5.40. The second-order valence-corrected chi connectivity index (χ2v) is 6.98. The van der Waals surface area contributed by atoms with Gasteiger partial charge < -0.3 is 14.2 Å². The Morgan fingerprint density at radius 3 is 2.38 bits per heavy atom. The van der Waals surface area contributed by atoms with Gasteiger partial charge in [0.1, 0.15) is 0 Å². The molecule has 0 fully saturated rings. The summed E-state index contributed by atoms with van der Waals surface area (Å²) in [7, 11) is 4.69. The predicted molar refractivity (Wildman–Crippen MR) is 105 cm³/mol. The zero-order valence-corrected chi connectivity index (χ0v) is 16.4. The number of nitrogens with one attached hydrogen (secondary N) is 1. The lowest BCUT2D eigenvalue weighted by Crippen LogP contribution is -1.98. The van der Waals surface area contributed by atoms with Crippen LogP contribution in [-0.4, -0.2) is 42.4 Å². The highest BCUT2D eigenvalue weighted by atomic mass is 32.1. The van der Waals surface area contributed by atoms with E-state index in [0.717, 1.165) is 10.4 Å². The minimum atomic E-state index is 0.387. The fourth-order valence-electron chi connectivity index (χ4n) is 2.43. The third-order valence-corrected chi connectivity index (χ3v) is 4.83.